The lowest BCUT2D eigenvalue weighted by molar-refractivity contribution is 0.913. The minimum Gasteiger partial charge on any atom is -0.339 e. The van der Waals surface area contributed by atoms with Gasteiger partial charge in [0, 0.05) is 25.0 Å². The lowest BCUT2D eigenvalue weighted by Crippen LogP contribution is -1.77. The van der Waals surface area contributed by atoms with Gasteiger partial charge in [-0.25, -0.2) is 4.98 Å². The van der Waals surface area contributed by atoms with E-state index < -0.39 is 0 Å². The fourth-order valence-electron chi connectivity index (χ4n) is 0.678. The Labute approximate surface area is 74.8 Å². The van der Waals surface area contributed by atoms with E-state index in [-0.39, 0.29) is 0 Å². The molecule has 0 aliphatic heterocycles. The van der Waals surface area contributed by atoms with Crippen molar-refractivity contribution in [2.45, 2.75) is 6.42 Å². The smallest absolute Gasteiger partial charge is 0.131 e. The Balaban J connectivity index is 2.59. The van der Waals surface area contributed by atoms with Gasteiger partial charge in [0.2, 0.25) is 0 Å². The van der Waals surface area contributed by atoms with E-state index in [1.807, 2.05) is 17.8 Å². The van der Waals surface area contributed by atoms with Gasteiger partial charge in [-0.3, -0.25) is 0 Å². The lowest BCUT2D eigenvalue weighted by Gasteiger charge is -1.79. The van der Waals surface area contributed by atoms with Crippen LogP contribution < -0.4 is 0 Å². The molecule has 0 N–H and O–H groups in total. The predicted molar refractivity (Wildman–Crippen MR) is 48.5 cm³/mol. The Kier molecular flexibility index (Phi) is 3.18. The average Bonchev–Trinajstić information content (AvgIpc) is 2.37. The van der Waals surface area contributed by atoms with E-state index in [2.05, 4.69) is 32.8 Å². The Hall–Kier alpha value is -0.750. The van der Waals surface area contributed by atoms with Crippen LogP contribution in [0.2, 0.25) is 0 Å². The summed E-state index contributed by atoms with van der Waals surface area (Å²) in [6.07, 6.45) is 4.52. The Morgan fingerprint density at radius 3 is 3.09 bits per heavy atom. The number of nitrogens with zero attached hydrogens (tertiary/aromatic N) is 2. The molecule has 58 valence electrons. The maximum atomic E-state index is 4.06. The number of hydrogen-bond donors (Lipinski definition) is 0. The molecule has 0 aliphatic carbocycles. The van der Waals surface area contributed by atoms with Gasteiger partial charge < -0.3 is 4.57 Å². The van der Waals surface area contributed by atoms with E-state index in [0.29, 0.717) is 0 Å². The molecular formula is C8H9BrN2. The first kappa shape index (κ1) is 8.35. The zero-order valence-electron chi connectivity index (χ0n) is 6.34. The number of rotatable bonds is 1. The number of halogens is 1. The van der Waals surface area contributed by atoms with E-state index in [9.17, 15) is 0 Å². The molecule has 1 heterocycles. The van der Waals surface area contributed by atoms with Crippen LogP contribution in [0, 0.1) is 11.8 Å². The van der Waals surface area contributed by atoms with E-state index in [4.69, 9.17) is 0 Å². The molecule has 0 aromatic carbocycles. The summed E-state index contributed by atoms with van der Waals surface area (Å²) >= 11 is 3.30. The second kappa shape index (κ2) is 4.20. The highest BCUT2D eigenvalue weighted by Gasteiger charge is 1.87. The summed E-state index contributed by atoms with van der Waals surface area (Å²) in [7, 11) is 1.93. The van der Waals surface area contributed by atoms with Crippen molar-refractivity contribution >= 4 is 15.9 Å². The minimum absolute atomic E-state index is 0.841. The third kappa shape index (κ3) is 2.77. The van der Waals surface area contributed by atoms with Gasteiger partial charge in [0.15, 0.2) is 0 Å². The first-order valence-electron chi connectivity index (χ1n) is 3.35. The highest BCUT2D eigenvalue weighted by atomic mass is 79.9. The zero-order valence-corrected chi connectivity index (χ0v) is 7.93. The van der Waals surface area contributed by atoms with Crippen LogP contribution in [-0.2, 0) is 7.05 Å². The van der Waals surface area contributed by atoms with Crippen LogP contribution in [0.3, 0.4) is 0 Å². The van der Waals surface area contributed by atoms with Crippen LogP contribution in [0.4, 0.5) is 0 Å². The average molecular weight is 213 g/mol. The molecule has 11 heavy (non-hydrogen) atoms. The van der Waals surface area contributed by atoms with Crippen molar-refractivity contribution in [3.63, 3.8) is 0 Å². The standard InChI is InChI=1S/C8H9BrN2/c1-11-6-8(10-7-11)4-2-3-5-9/h6-7H,3,5H2,1H3. The van der Waals surface area contributed by atoms with Crippen molar-refractivity contribution in [3.05, 3.63) is 18.2 Å². The maximum absolute atomic E-state index is 4.06. The predicted octanol–water partition coefficient (Wildman–Crippen LogP) is 1.56. The van der Waals surface area contributed by atoms with Gasteiger partial charge in [-0.05, 0) is 5.92 Å². The fourth-order valence-corrected chi connectivity index (χ4v) is 0.876. The highest BCUT2D eigenvalue weighted by molar-refractivity contribution is 9.09. The zero-order chi connectivity index (χ0) is 8.10. The normalized spacial score (nSPS) is 8.91. The molecule has 2 nitrogen and oxygen atoms in total. The van der Waals surface area contributed by atoms with Gasteiger partial charge in [0.1, 0.15) is 5.69 Å². The summed E-state index contributed by atoms with van der Waals surface area (Å²) in [6.45, 7) is 0. The van der Waals surface area contributed by atoms with Crippen molar-refractivity contribution in [3.8, 4) is 11.8 Å². The SMILES string of the molecule is Cn1cnc(C#CCCBr)c1. The monoisotopic (exact) mass is 212 g/mol. The summed E-state index contributed by atoms with van der Waals surface area (Å²) in [4.78, 5) is 4.06. The quantitative estimate of drug-likeness (QED) is 0.511. The van der Waals surface area contributed by atoms with Crippen molar-refractivity contribution < 1.29 is 0 Å². The molecule has 1 aromatic rings. The molecule has 0 saturated heterocycles. The van der Waals surface area contributed by atoms with Crippen molar-refractivity contribution in [2.75, 3.05) is 5.33 Å². The summed E-state index contributed by atoms with van der Waals surface area (Å²) in [5.41, 5.74) is 0.841. The molecule has 0 atom stereocenters. The van der Waals surface area contributed by atoms with Crippen LogP contribution in [0.25, 0.3) is 0 Å². The molecule has 1 rings (SSSR count). The third-order valence-corrected chi connectivity index (χ3v) is 1.54. The van der Waals surface area contributed by atoms with Gasteiger partial charge >= 0.3 is 0 Å². The van der Waals surface area contributed by atoms with Crippen molar-refractivity contribution in [2.24, 2.45) is 7.05 Å². The molecule has 1 aromatic heterocycles. The van der Waals surface area contributed by atoms with Gasteiger partial charge in [-0.1, -0.05) is 21.9 Å². The Morgan fingerprint density at radius 2 is 2.55 bits per heavy atom. The van der Waals surface area contributed by atoms with Crippen molar-refractivity contribution in [1.82, 2.24) is 9.55 Å². The molecule has 0 spiro atoms. The van der Waals surface area contributed by atoms with E-state index >= 15 is 0 Å². The fraction of sp³-hybridized carbons (Fsp3) is 0.375. The Morgan fingerprint density at radius 1 is 1.73 bits per heavy atom. The largest absolute Gasteiger partial charge is 0.339 e. The van der Waals surface area contributed by atoms with E-state index in [1.54, 1.807) is 6.33 Å². The summed E-state index contributed by atoms with van der Waals surface area (Å²) in [5.74, 6) is 5.95. The number of aromatic nitrogens is 2. The molecule has 0 amide bonds. The van der Waals surface area contributed by atoms with Gasteiger partial charge in [0.05, 0.1) is 6.33 Å². The van der Waals surface area contributed by atoms with Gasteiger partial charge in [-0.2, -0.15) is 0 Å². The molecule has 3 heteroatoms. The number of aryl methyl sites for hydroxylation is 1. The molecular weight excluding hydrogens is 204 g/mol. The highest BCUT2D eigenvalue weighted by Crippen LogP contribution is 1.91. The summed E-state index contributed by atoms with van der Waals surface area (Å²) in [6, 6.07) is 0. The van der Waals surface area contributed by atoms with E-state index in [0.717, 1.165) is 17.4 Å². The van der Waals surface area contributed by atoms with Crippen molar-refractivity contribution in [1.29, 1.82) is 0 Å². The van der Waals surface area contributed by atoms with Crippen LogP contribution >= 0.6 is 15.9 Å². The van der Waals surface area contributed by atoms with Crippen LogP contribution in [-0.4, -0.2) is 14.9 Å². The number of alkyl halides is 1. The number of hydrogen-bond acceptors (Lipinski definition) is 1. The molecule has 0 bridgehead atoms. The Bertz CT molecular complexity index is 280. The van der Waals surface area contributed by atoms with Gasteiger partial charge in [0.25, 0.3) is 0 Å². The van der Waals surface area contributed by atoms with Crippen LogP contribution in [0.1, 0.15) is 12.1 Å². The van der Waals surface area contributed by atoms with Crippen LogP contribution in [0.5, 0.6) is 0 Å². The van der Waals surface area contributed by atoms with Gasteiger partial charge in [-0.15, -0.1) is 0 Å². The summed E-state index contributed by atoms with van der Waals surface area (Å²) in [5, 5.41) is 0.923. The molecule has 0 aliphatic rings. The molecule has 0 fully saturated rings. The second-order valence-electron chi connectivity index (χ2n) is 2.17. The maximum Gasteiger partial charge on any atom is 0.131 e. The first-order chi connectivity index (χ1) is 5.33. The van der Waals surface area contributed by atoms with E-state index in [1.165, 1.54) is 0 Å². The molecule has 0 saturated carbocycles. The number of imidazole rings is 1. The molecule has 0 unspecified atom stereocenters. The lowest BCUT2D eigenvalue weighted by atomic mass is 10.4. The molecule has 0 radical (unpaired) electrons. The minimum atomic E-state index is 0.841. The topological polar surface area (TPSA) is 17.8 Å². The first-order valence-corrected chi connectivity index (χ1v) is 4.48. The summed E-state index contributed by atoms with van der Waals surface area (Å²) < 4.78 is 1.89. The second-order valence-corrected chi connectivity index (χ2v) is 2.96. The third-order valence-electron chi connectivity index (χ3n) is 1.14. The van der Waals surface area contributed by atoms with Crippen LogP contribution in [0.15, 0.2) is 12.5 Å².